The molecule has 3 nitrogen and oxygen atoms in total. The molecular weight excluding hydrogens is 276 g/mol. The van der Waals surface area contributed by atoms with E-state index in [-0.39, 0.29) is 23.4 Å². The Labute approximate surface area is 129 Å². The molecule has 2 aromatic rings. The predicted octanol–water partition coefficient (Wildman–Crippen LogP) is 3.57. The molecule has 0 fully saturated rings. The topological polar surface area (TPSA) is 51.2 Å². The summed E-state index contributed by atoms with van der Waals surface area (Å²) in [5.41, 5.74) is 0.818. The Morgan fingerprint density at radius 1 is 0.818 bits per heavy atom. The Hall–Kier alpha value is -2.81. The van der Waals surface area contributed by atoms with E-state index in [0.717, 1.165) is 0 Å². The lowest BCUT2D eigenvalue weighted by Crippen LogP contribution is -2.13. The van der Waals surface area contributed by atoms with Crippen molar-refractivity contribution in [1.82, 2.24) is 0 Å². The van der Waals surface area contributed by atoms with E-state index in [1.54, 1.807) is 73.9 Å². The van der Waals surface area contributed by atoms with Crippen LogP contribution in [-0.2, 0) is 4.79 Å². The number of hydrogen-bond donors (Lipinski definition) is 0. The summed E-state index contributed by atoms with van der Waals surface area (Å²) in [7, 11) is 0. The molecule has 0 amide bonds. The van der Waals surface area contributed by atoms with Gasteiger partial charge in [-0.05, 0) is 6.42 Å². The minimum absolute atomic E-state index is 0.190. The highest BCUT2D eigenvalue weighted by Gasteiger charge is 2.22. The van der Waals surface area contributed by atoms with Gasteiger partial charge in [0.25, 0.3) is 0 Å². The Morgan fingerprint density at radius 2 is 1.27 bits per heavy atom. The molecule has 0 aliphatic heterocycles. The van der Waals surface area contributed by atoms with Crippen LogP contribution in [0.2, 0.25) is 0 Å². The first-order valence-electron chi connectivity index (χ1n) is 6.99. The third kappa shape index (κ3) is 3.26. The molecule has 0 spiro atoms. The standard InChI is InChI=1S/C19H15O3/c1-2-16(18(21)14-9-5-3-6-10-14)17(13-20)19(22)15-11-7-4-8-12-15/h3-12H,2H2,1H3. The van der Waals surface area contributed by atoms with Crippen molar-refractivity contribution < 1.29 is 14.4 Å². The summed E-state index contributed by atoms with van der Waals surface area (Å²) in [6, 6.07) is 17.0. The summed E-state index contributed by atoms with van der Waals surface area (Å²) in [6.45, 7) is 1.74. The summed E-state index contributed by atoms with van der Waals surface area (Å²) in [6.07, 6.45) is 1.95. The summed E-state index contributed by atoms with van der Waals surface area (Å²) < 4.78 is 0. The van der Waals surface area contributed by atoms with Gasteiger partial charge in [0.2, 0.25) is 6.29 Å². The lowest BCUT2D eigenvalue weighted by atomic mass is 9.92. The molecule has 109 valence electrons. The first-order chi connectivity index (χ1) is 10.7. The first kappa shape index (κ1) is 15.6. The molecule has 1 radical (unpaired) electrons. The van der Waals surface area contributed by atoms with Crippen molar-refractivity contribution in [3.8, 4) is 0 Å². The van der Waals surface area contributed by atoms with Gasteiger partial charge >= 0.3 is 0 Å². The predicted molar refractivity (Wildman–Crippen MR) is 84.6 cm³/mol. The summed E-state index contributed by atoms with van der Waals surface area (Å²) in [5, 5.41) is 0. The largest absolute Gasteiger partial charge is 0.289 e. The van der Waals surface area contributed by atoms with Crippen molar-refractivity contribution in [2.24, 2.45) is 0 Å². The summed E-state index contributed by atoms with van der Waals surface area (Å²) in [4.78, 5) is 36.3. The van der Waals surface area contributed by atoms with E-state index in [0.29, 0.717) is 11.1 Å². The molecule has 2 aromatic carbocycles. The fraction of sp³-hybridized carbons (Fsp3) is 0.105. The van der Waals surface area contributed by atoms with Crippen LogP contribution >= 0.6 is 0 Å². The van der Waals surface area contributed by atoms with Crippen LogP contribution in [-0.4, -0.2) is 17.9 Å². The molecule has 0 atom stereocenters. The van der Waals surface area contributed by atoms with Gasteiger partial charge in [0, 0.05) is 16.7 Å². The van der Waals surface area contributed by atoms with Crippen LogP contribution in [0.1, 0.15) is 34.1 Å². The second kappa shape index (κ2) is 7.27. The summed E-state index contributed by atoms with van der Waals surface area (Å²) >= 11 is 0. The maximum atomic E-state index is 12.5. The van der Waals surface area contributed by atoms with Gasteiger partial charge in [0.1, 0.15) is 0 Å². The number of benzene rings is 2. The van der Waals surface area contributed by atoms with Crippen LogP contribution in [0.3, 0.4) is 0 Å². The fourth-order valence-electron chi connectivity index (χ4n) is 2.19. The smallest absolute Gasteiger partial charge is 0.238 e. The van der Waals surface area contributed by atoms with Crippen LogP contribution in [0.4, 0.5) is 0 Å². The van der Waals surface area contributed by atoms with Crippen molar-refractivity contribution in [2.45, 2.75) is 13.3 Å². The molecule has 0 saturated heterocycles. The molecule has 0 heterocycles. The van der Waals surface area contributed by atoms with Crippen molar-refractivity contribution >= 4 is 17.9 Å². The first-order valence-corrected chi connectivity index (χ1v) is 6.99. The number of hydrogen-bond acceptors (Lipinski definition) is 3. The van der Waals surface area contributed by atoms with Crippen molar-refractivity contribution in [3.05, 3.63) is 82.9 Å². The normalized spacial score (nSPS) is 11.5. The Balaban J connectivity index is 2.48. The lowest BCUT2D eigenvalue weighted by molar-refractivity contribution is 0.100. The van der Waals surface area contributed by atoms with E-state index in [1.165, 1.54) is 0 Å². The molecule has 0 aliphatic carbocycles. The van der Waals surface area contributed by atoms with Crippen LogP contribution in [0.15, 0.2) is 71.8 Å². The zero-order valence-corrected chi connectivity index (χ0v) is 12.2. The maximum Gasteiger partial charge on any atom is 0.238 e. The van der Waals surface area contributed by atoms with Gasteiger partial charge in [-0.15, -0.1) is 0 Å². The molecule has 2 rings (SSSR count). The summed E-state index contributed by atoms with van der Waals surface area (Å²) in [5.74, 6) is -0.789. The fourth-order valence-corrected chi connectivity index (χ4v) is 2.19. The Kier molecular flexibility index (Phi) is 5.15. The third-order valence-corrected chi connectivity index (χ3v) is 3.33. The molecular formula is C19H15O3. The van der Waals surface area contributed by atoms with E-state index < -0.39 is 5.78 Å². The van der Waals surface area contributed by atoms with Crippen molar-refractivity contribution in [2.75, 3.05) is 0 Å². The van der Waals surface area contributed by atoms with Gasteiger partial charge in [-0.25, -0.2) is 0 Å². The number of carbonyl (C=O) groups excluding carboxylic acids is 3. The molecule has 22 heavy (non-hydrogen) atoms. The van der Waals surface area contributed by atoms with Gasteiger partial charge in [0.15, 0.2) is 11.6 Å². The SMILES string of the molecule is CCC(C(=O)c1ccccc1)=C([C]=O)C(=O)c1ccccc1. The van der Waals surface area contributed by atoms with E-state index in [4.69, 9.17) is 0 Å². The monoisotopic (exact) mass is 291 g/mol. The molecule has 0 N–H and O–H groups in total. The highest BCUT2D eigenvalue weighted by molar-refractivity contribution is 6.26. The van der Waals surface area contributed by atoms with E-state index in [2.05, 4.69) is 0 Å². The van der Waals surface area contributed by atoms with Crippen LogP contribution in [0, 0.1) is 0 Å². The van der Waals surface area contributed by atoms with Gasteiger partial charge in [-0.3, -0.25) is 14.4 Å². The zero-order chi connectivity index (χ0) is 15.9. The zero-order valence-electron chi connectivity index (χ0n) is 12.2. The number of ketones is 2. The van der Waals surface area contributed by atoms with Gasteiger partial charge < -0.3 is 0 Å². The highest BCUT2D eigenvalue weighted by atomic mass is 16.1. The molecule has 0 aliphatic rings. The molecule has 0 saturated carbocycles. The number of rotatable bonds is 6. The quantitative estimate of drug-likeness (QED) is 0.354. The Bertz CT molecular complexity index is 713. The van der Waals surface area contributed by atoms with Gasteiger partial charge in [-0.1, -0.05) is 67.6 Å². The van der Waals surface area contributed by atoms with Crippen LogP contribution in [0.25, 0.3) is 0 Å². The van der Waals surface area contributed by atoms with E-state index in [1.807, 2.05) is 0 Å². The van der Waals surface area contributed by atoms with Gasteiger partial charge in [-0.2, -0.15) is 0 Å². The van der Waals surface area contributed by atoms with Crippen molar-refractivity contribution in [3.63, 3.8) is 0 Å². The van der Waals surface area contributed by atoms with Crippen molar-refractivity contribution in [1.29, 1.82) is 0 Å². The second-order valence-corrected chi connectivity index (χ2v) is 4.70. The lowest BCUT2D eigenvalue weighted by Gasteiger charge is -2.08. The average molecular weight is 291 g/mol. The third-order valence-electron chi connectivity index (χ3n) is 3.33. The number of carbonyl (C=O) groups is 2. The minimum atomic E-state index is -0.475. The Morgan fingerprint density at radius 3 is 1.68 bits per heavy atom. The second-order valence-electron chi connectivity index (χ2n) is 4.70. The molecule has 0 unspecified atom stereocenters. The molecule has 0 aromatic heterocycles. The number of allylic oxidation sites excluding steroid dienone is 2. The molecule has 0 bridgehead atoms. The number of Topliss-reactive ketones (excluding diaryl/α,β-unsaturated/α-hetero) is 2. The highest BCUT2D eigenvalue weighted by Crippen LogP contribution is 2.18. The van der Waals surface area contributed by atoms with E-state index in [9.17, 15) is 14.4 Å². The minimum Gasteiger partial charge on any atom is -0.289 e. The maximum absolute atomic E-state index is 12.5. The van der Waals surface area contributed by atoms with E-state index >= 15 is 0 Å². The average Bonchev–Trinajstić information content (AvgIpc) is 2.60. The van der Waals surface area contributed by atoms with Gasteiger partial charge in [0.05, 0.1) is 5.57 Å². The van der Waals surface area contributed by atoms with Crippen LogP contribution < -0.4 is 0 Å². The molecule has 3 heteroatoms. The van der Waals surface area contributed by atoms with Crippen LogP contribution in [0.5, 0.6) is 0 Å².